The Labute approximate surface area is 304 Å². The van der Waals surface area contributed by atoms with Crippen LogP contribution in [0.25, 0.3) is 0 Å². The van der Waals surface area contributed by atoms with E-state index in [4.69, 9.17) is 15.3 Å². The van der Waals surface area contributed by atoms with Gasteiger partial charge in [0.25, 0.3) is 0 Å². The van der Waals surface area contributed by atoms with Crippen molar-refractivity contribution in [2.24, 2.45) is 15.0 Å². The monoisotopic (exact) mass is 701 g/mol. The first-order valence-electron chi connectivity index (χ1n) is 16.2. The summed E-state index contributed by atoms with van der Waals surface area (Å²) >= 11 is 0. The molecular weight excluding hydrogens is 670 g/mol. The maximum Gasteiger partial charge on any atom is 0.335 e. The van der Waals surface area contributed by atoms with Gasteiger partial charge >= 0.3 is 17.9 Å². The molecule has 0 saturated heterocycles. The van der Waals surface area contributed by atoms with Gasteiger partial charge in [0.15, 0.2) is 0 Å². The molecule has 0 heterocycles. The van der Waals surface area contributed by atoms with Crippen LogP contribution in [0.5, 0.6) is 0 Å². The van der Waals surface area contributed by atoms with Crippen molar-refractivity contribution in [2.45, 2.75) is 5.60 Å². The molecule has 53 heavy (non-hydrogen) atoms. The van der Waals surface area contributed by atoms with Crippen molar-refractivity contribution in [1.82, 2.24) is 0 Å². The number of aliphatic hydroxyl groups is 1. The molecule has 0 fully saturated rings. The van der Waals surface area contributed by atoms with Gasteiger partial charge in [0.2, 0.25) is 0 Å². The van der Waals surface area contributed by atoms with E-state index in [2.05, 4.69) is 15.0 Å². The Kier molecular flexibility index (Phi) is 10.5. The van der Waals surface area contributed by atoms with Crippen LogP contribution in [0.4, 0.5) is 17.1 Å². The highest BCUT2D eigenvalue weighted by molar-refractivity contribution is 5.91. The van der Waals surface area contributed by atoms with Crippen LogP contribution in [0, 0.1) is 0 Å². The molecule has 0 aromatic heterocycles. The predicted octanol–water partition coefficient (Wildman–Crippen LogP) is 8.32. The summed E-state index contributed by atoms with van der Waals surface area (Å²) in [5, 5.41) is 40.0. The van der Waals surface area contributed by atoms with Crippen molar-refractivity contribution in [3.8, 4) is 0 Å². The fourth-order valence-corrected chi connectivity index (χ4v) is 5.45. The topological polar surface area (TPSA) is 169 Å². The molecule has 0 atom stereocenters. The van der Waals surface area contributed by atoms with Crippen LogP contribution in [-0.2, 0) is 5.60 Å². The van der Waals surface area contributed by atoms with Gasteiger partial charge in [-0.15, -0.1) is 0 Å². The van der Waals surface area contributed by atoms with Crippen molar-refractivity contribution >= 4 is 53.6 Å². The summed E-state index contributed by atoms with van der Waals surface area (Å²) in [6, 6.07) is 40.5. The average molecular weight is 702 g/mol. The van der Waals surface area contributed by atoms with Gasteiger partial charge in [0, 0.05) is 18.6 Å². The molecule has 10 heteroatoms. The number of hydrogen-bond donors (Lipinski definition) is 4. The molecule has 10 nitrogen and oxygen atoms in total. The molecule has 0 aliphatic heterocycles. The van der Waals surface area contributed by atoms with Gasteiger partial charge in [-0.1, -0.05) is 72.8 Å². The fourth-order valence-electron chi connectivity index (χ4n) is 5.45. The van der Waals surface area contributed by atoms with E-state index in [1.54, 1.807) is 128 Å². The Balaban J connectivity index is 1.28. The van der Waals surface area contributed by atoms with E-state index >= 15 is 0 Å². The lowest BCUT2D eigenvalue weighted by Crippen LogP contribution is -2.28. The lowest BCUT2D eigenvalue weighted by atomic mass is 9.80. The van der Waals surface area contributed by atoms with E-state index in [9.17, 15) is 19.5 Å². The molecule has 0 aliphatic rings. The van der Waals surface area contributed by atoms with Gasteiger partial charge in [-0.2, -0.15) is 0 Å². The van der Waals surface area contributed by atoms with E-state index < -0.39 is 23.5 Å². The summed E-state index contributed by atoms with van der Waals surface area (Å²) in [6.45, 7) is 0. The molecular formula is C43H31N3O7. The summed E-state index contributed by atoms with van der Waals surface area (Å²) in [5.41, 5.74) is 4.76. The van der Waals surface area contributed by atoms with Crippen LogP contribution >= 0.6 is 0 Å². The summed E-state index contributed by atoms with van der Waals surface area (Å²) < 4.78 is 0. The van der Waals surface area contributed by atoms with E-state index in [1.165, 1.54) is 36.4 Å². The second-order valence-electron chi connectivity index (χ2n) is 11.9. The van der Waals surface area contributed by atoms with Crippen LogP contribution in [0.1, 0.15) is 64.5 Å². The number of carboxylic acid groups (broad SMARTS) is 3. The smallest absolute Gasteiger partial charge is 0.335 e. The number of rotatable bonds is 12. The first-order chi connectivity index (χ1) is 25.6. The van der Waals surface area contributed by atoms with E-state index in [0.717, 1.165) is 16.7 Å². The Morgan fingerprint density at radius 1 is 0.377 bits per heavy atom. The minimum absolute atomic E-state index is 0.185. The number of hydrogen-bond acceptors (Lipinski definition) is 7. The number of nitrogens with zero attached hydrogens (tertiary/aromatic N) is 3. The summed E-state index contributed by atoms with van der Waals surface area (Å²) in [5.74, 6) is -3.01. The highest BCUT2D eigenvalue weighted by atomic mass is 16.4. The minimum Gasteiger partial charge on any atom is -0.478 e. The quantitative estimate of drug-likeness (QED) is 0.0734. The Hall–Kier alpha value is -7.30. The largest absolute Gasteiger partial charge is 0.478 e. The van der Waals surface area contributed by atoms with Crippen molar-refractivity contribution in [1.29, 1.82) is 0 Å². The molecule has 0 unspecified atom stereocenters. The average Bonchev–Trinajstić information content (AvgIpc) is 3.19. The molecule has 6 rings (SSSR count). The molecule has 0 amide bonds. The second kappa shape index (κ2) is 15.7. The van der Waals surface area contributed by atoms with Crippen LogP contribution in [0.3, 0.4) is 0 Å². The second-order valence-corrected chi connectivity index (χ2v) is 11.9. The van der Waals surface area contributed by atoms with E-state index in [-0.39, 0.29) is 16.7 Å². The molecule has 0 aliphatic carbocycles. The van der Waals surface area contributed by atoms with Gasteiger partial charge in [-0.25, -0.2) is 14.4 Å². The van der Waals surface area contributed by atoms with Gasteiger partial charge in [-0.3, -0.25) is 15.0 Å². The SMILES string of the molecule is O=C(O)c1ccc(C=Nc2ccc(C(O)(c3ccc(N=Cc4ccc(C(=O)O)cc4)cc3)c3ccc(N=Cc4ccc(C(=O)O)cc4)cc3)cc2)cc1. The predicted molar refractivity (Wildman–Crippen MR) is 203 cm³/mol. The van der Waals surface area contributed by atoms with Crippen molar-refractivity contribution in [3.63, 3.8) is 0 Å². The number of carbonyl (C=O) groups is 3. The number of aromatic carboxylic acids is 3. The van der Waals surface area contributed by atoms with Gasteiger partial charge in [0.1, 0.15) is 5.60 Å². The third-order valence-corrected chi connectivity index (χ3v) is 8.42. The summed E-state index contributed by atoms with van der Waals surface area (Å²) in [7, 11) is 0. The van der Waals surface area contributed by atoms with E-state index in [1.807, 2.05) is 0 Å². The van der Waals surface area contributed by atoms with Gasteiger partial charge in [0.05, 0.1) is 33.8 Å². The third kappa shape index (κ3) is 8.54. The van der Waals surface area contributed by atoms with Gasteiger partial charge in [-0.05, 0) is 106 Å². The molecule has 260 valence electrons. The van der Waals surface area contributed by atoms with Crippen LogP contribution in [0.15, 0.2) is 161 Å². The zero-order chi connectivity index (χ0) is 37.4. The van der Waals surface area contributed by atoms with Crippen molar-refractivity contribution in [3.05, 3.63) is 196 Å². The zero-order valence-electron chi connectivity index (χ0n) is 27.9. The lowest BCUT2D eigenvalue weighted by molar-refractivity contribution is 0.0686. The summed E-state index contributed by atoms with van der Waals surface area (Å²) in [6.07, 6.45) is 4.89. The molecule has 6 aromatic carbocycles. The normalized spacial score (nSPS) is 12.6. The maximum absolute atomic E-state index is 12.6. The number of aliphatic imine (C=N–C) groups is 3. The van der Waals surface area contributed by atoms with E-state index in [0.29, 0.717) is 33.8 Å². The highest BCUT2D eigenvalue weighted by Crippen LogP contribution is 2.38. The minimum atomic E-state index is -1.60. The fraction of sp³-hybridized carbons (Fsp3) is 0.0233. The summed E-state index contributed by atoms with van der Waals surface area (Å²) in [4.78, 5) is 47.0. The van der Waals surface area contributed by atoms with Crippen molar-refractivity contribution in [2.75, 3.05) is 0 Å². The Morgan fingerprint density at radius 3 is 0.811 bits per heavy atom. The molecule has 0 spiro atoms. The molecule has 6 aromatic rings. The van der Waals surface area contributed by atoms with Gasteiger partial charge < -0.3 is 20.4 Å². The maximum atomic E-state index is 12.6. The lowest BCUT2D eigenvalue weighted by Gasteiger charge is -2.30. The standard InChI is InChI=1S/C43H31N3O7/c47-40(48)31-7-1-28(2-8-31)25-44-37-19-13-34(14-20-37)43(53,35-15-21-38(22-16-35)45-26-29-3-9-32(10-4-29)41(49)50)36-17-23-39(24-18-36)46-27-30-5-11-33(12-6-30)42(51)52/h1-27,53H,(H,47,48)(H,49,50)(H,51,52). The van der Waals surface area contributed by atoms with Crippen LogP contribution < -0.4 is 0 Å². The Morgan fingerprint density at radius 2 is 0.604 bits per heavy atom. The van der Waals surface area contributed by atoms with Crippen molar-refractivity contribution < 1.29 is 34.8 Å². The van der Waals surface area contributed by atoms with Crippen LogP contribution in [0.2, 0.25) is 0 Å². The highest BCUT2D eigenvalue weighted by Gasteiger charge is 2.34. The third-order valence-electron chi connectivity index (χ3n) is 8.42. The zero-order valence-corrected chi connectivity index (χ0v) is 27.9. The molecule has 0 radical (unpaired) electrons. The molecule has 4 N–H and O–H groups in total. The Bertz CT molecular complexity index is 2060. The number of carboxylic acids is 3. The molecule has 0 bridgehead atoms. The van der Waals surface area contributed by atoms with Crippen LogP contribution in [-0.4, -0.2) is 57.0 Å². The number of benzene rings is 6. The first-order valence-corrected chi connectivity index (χ1v) is 16.2. The first kappa shape index (κ1) is 35.5. The molecule has 0 saturated carbocycles.